The van der Waals surface area contributed by atoms with Crippen molar-refractivity contribution in [3.63, 3.8) is 0 Å². The molecular formula is C16H17N5O2. The van der Waals surface area contributed by atoms with Crippen molar-refractivity contribution in [2.75, 3.05) is 18.0 Å². The Kier molecular flexibility index (Phi) is 3.92. The number of hydrogen-bond acceptors (Lipinski definition) is 5. The van der Waals surface area contributed by atoms with Crippen molar-refractivity contribution in [3.8, 4) is 11.3 Å². The smallest absolute Gasteiger partial charge is 0.270 e. The van der Waals surface area contributed by atoms with E-state index in [0.29, 0.717) is 0 Å². The molecule has 0 spiro atoms. The number of rotatable bonds is 5. The second kappa shape index (κ2) is 6.04. The van der Waals surface area contributed by atoms with E-state index in [9.17, 15) is 10.1 Å². The molecule has 3 rings (SSSR count). The summed E-state index contributed by atoms with van der Waals surface area (Å²) in [6.45, 7) is 5.84. The van der Waals surface area contributed by atoms with Crippen molar-refractivity contribution in [2.45, 2.75) is 13.8 Å². The van der Waals surface area contributed by atoms with E-state index in [1.54, 1.807) is 12.1 Å². The number of hydrogen-bond donors (Lipinski definition) is 1. The van der Waals surface area contributed by atoms with Gasteiger partial charge in [-0.25, -0.2) is 9.97 Å². The molecule has 7 nitrogen and oxygen atoms in total. The van der Waals surface area contributed by atoms with Crippen LogP contribution in [0.2, 0.25) is 0 Å². The standard InChI is InChI=1S/C16H17N5O2/c1-3-20(4-2)16-13-9-14(19-15(13)17-10-18-16)11-6-5-7-12(8-11)21(22)23/h5-10H,3-4H2,1-2H3,(H,17,18,19). The minimum atomic E-state index is -0.396. The first-order valence-corrected chi connectivity index (χ1v) is 7.47. The summed E-state index contributed by atoms with van der Waals surface area (Å²) in [5.74, 6) is 0.868. The largest absolute Gasteiger partial charge is 0.357 e. The fourth-order valence-electron chi connectivity index (χ4n) is 2.64. The van der Waals surface area contributed by atoms with Crippen LogP contribution >= 0.6 is 0 Å². The molecule has 0 unspecified atom stereocenters. The molecule has 23 heavy (non-hydrogen) atoms. The van der Waals surface area contributed by atoms with Crippen LogP contribution < -0.4 is 4.90 Å². The Morgan fingerprint density at radius 3 is 2.70 bits per heavy atom. The summed E-state index contributed by atoms with van der Waals surface area (Å²) in [6.07, 6.45) is 1.53. The molecule has 7 heteroatoms. The van der Waals surface area contributed by atoms with Crippen LogP contribution in [0.3, 0.4) is 0 Å². The number of nitro groups is 1. The molecule has 2 aromatic heterocycles. The van der Waals surface area contributed by atoms with E-state index >= 15 is 0 Å². The Balaban J connectivity index is 2.12. The molecule has 2 heterocycles. The van der Waals surface area contributed by atoms with Gasteiger partial charge >= 0.3 is 0 Å². The van der Waals surface area contributed by atoms with Gasteiger partial charge in [0.1, 0.15) is 17.8 Å². The molecule has 1 aromatic carbocycles. The summed E-state index contributed by atoms with van der Waals surface area (Å²) in [7, 11) is 0. The summed E-state index contributed by atoms with van der Waals surface area (Å²) in [5.41, 5.74) is 2.33. The van der Waals surface area contributed by atoms with Crippen LogP contribution in [-0.4, -0.2) is 33.0 Å². The Morgan fingerprint density at radius 1 is 1.22 bits per heavy atom. The van der Waals surface area contributed by atoms with Gasteiger partial charge in [-0.05, 0) is 19.9 Å². The monoisotopic (exact) mass is 311 g/mol. The normalized spacial score (nSPS) is 10.9. The zero-order valence-corrected chi connectivity index (χ0v) is 13.0. The molecule has 118 valence electrons. The van der Waals surface area contributed by atoms with Gasteiger partial charge in [-0.1, -0.05) is 12.1 Å². The molecule has 1 N–H and O–H groups in total. The fourth-order valence-corrected chi connectivity index (χ4v) is 2.64. The number of fused-ring (bicyclic) bond motifs is 1. The number of nitro benzene ring substituents is 1. The van der Waals surface area contributed by atoms with Gasteiger partial charge in [0.05, 0.1) is 10.3 Å². The predicted molar refractivity (Wildman–Crippen MR) is 89.5 cm³/mol. The lowest BCUT2D eigenvalue weighted by atomic mass is 10.1. The quantitative estimate of drug-likeness (QED) is 0.576. The van der Waals surface area contributed by atoms with Gasteiger partial charge in [0.2, 0.25) is 0 Å². The maximum atomic E-state index is 10.9. The number of nitrogens with zero attached hydrogens (tertiary/aromatic N) is 4. The Labute approximate surface area is 133 Å². The number of aromatic amines is 1. The van der Waals surface area contributed by atoms with E-state index < -0.39 is 4.92 Å². The first-order chi connectivity index (χ1) is 11.1. The molecule has 0 fully saturated rings. The van der Waals surface area contributed by atoms with Crippen LogP contribution in [0.5, 0.6) is 0 Å². The number of benzene rings is 1. The number of nitrogens with one attached hydrogen (secondary N) is 1. The lowest BCUT2D eigenvalue weighted by molar-refractivity contribution is -0.384. The van der Waals surface area contributed by atoms with Crippen molar-refractivity contribution >= 4 is 22.5 Å². The van der Waals surface area contributed by atoms with Crippen molar-refractivity contribution in [1.29, 1.82) is 0 Å². The molecule has 0 aliphatic heterocycles. The number of aromatic nitrogens is 3. The van der Waals surface area contributed by atoms with Gasteiger partial charge in [-0.2, -0.15) is 0 Å². The number of anilines is 1. The Hall–Kier alpha value is -2.96. The van der Waals surface area contributed by atoms with Crippen molar-refractivity contribution in [1.82, 2.24) is 15.0 Å². The van der Waals surface area contributed by atoms with E-state index in [1.165, 1.54) is 12.4 Å². The van der Waals surface area contributed by atoms with E-state index in [4.69, 9.17) is 0 Å². The average molecular weight is 311 g/mol. The number of non-ortho nitro benzene ring substituents is 1. The summed E-state index contributed by atoms with van der Waals surface area (Å²) in [6, 6.07) is 8.49. The van der Waals surface area contributed by atoms with E-state index in [0.717, 1.165) is 41.2 Å². The van der Waals surface area contributed by atoms with Crippen LogP contribution in [-0.2, 0) is 0 Å². The Bertz CT molecular complexity index is 855. The van der Waals surface area contributed by atoms with E-state index in [2.05, 4.69) is 33.7 Å². The third-order valence-electron chi connectivity index (χ3n) is 3.84. The summed E-state index contributed by atoms with van der Waals surface area (Å²) in [4.78, 5) is 24.6. The molecule has 0 bridgehead atoms. The van der Waals surface area contributed by atoms with Crippen LogP contribution in [0.25, 0.3) is 22.3 Å². The number of H-pyrrole nitrogens is 1. The summed E-state index contributed by atoms with van der Waals surface area (Å²) >= 11 is 0. The third kappa shape index (κ3) is 2.73. The molecule has 0 radical (unpaired) electrons. The molecule has 0 atom stereocenters. The summed E-state index contributed by atoms with van der Waals surface area (Å²) in [5, 5.41) is 11.9. The fraction of sp³-hybridized carbons (Fsp3) is 0.250. The lowest BCUT2D eigenvalue weighted by Crippen LogP contribution is -2.23. The highest BCUT2D eigenvalue weighted by molar-refractivity contribution is 5.92. The second-order valence-electron chi connectivity index (χ2n) is 5.12. The molecule has 0 amide bonds. The van der Waals surface area contributed by atoms with Crippen molar-refractivity contribution in [3.05, 3.63) is 46.8 Å². The van der Waals surface area contributed by atoms with Crippen LogP contribution in [0, 0.1) is 10.1 Å². The van der Waals surface area contributed by atoms with Crippen molar-refractivity contribution < 1.29 is 4.92 Å². The van der Waals surface area contributed by atoms with Gasteiger partial charge in [0, 0.05) is 36.5 Å². The first-order valence-electron chi connectivity index (χ1n) is 7.47. The minimum Gasteiger partial charge on any atom is -0.357 e. The molecule has 0 saturated carbocycles. The SMILES string of the molecule is CCN(CC)c1ncnc2[nH]c(-c3cccc([N+](=O)[O-])c3)cc12. The average Bonchev–Trinajstić information content (AvgIpc) is 3.01. The van der Waals surface area contributed by atoms with Crippen LogP contribution in [0.4, 0.5) is 11.5 Å². The predicted octanol–water partition coefficient (Wildman–Crippen LogP) is 3.38. The third-order valence-corrected chi connectivity index (χ3v) is 3.84. The maximum absolute atomic E-state index is 10.9. The van der Waals surface area contributed by atoms with E-state index in [-0.39, 0.29) is 5.69 Å². The van der Waals surface area contributed by atoms with Crippen LogP contribution in [0.1, 0.15) is 13.8 Å². The maximum Gasteiger partial charge on any atom is 0.270 e. The minimum absolute atomic E-state index is 0.0659. The van der Waals surface area contributed by atoms with Gasteiger partial charge < -0.3 is 9.88 Å². The lowest BCUT2D eigenvalue weighted by Gasteiger charge is -2.19. The molecule has 3 aromatic rings. The highest BCUT2D eigenvalue weighted by Crippen LogP contribution is 2.30. The zero-order chi connectivity index (χ0) is 16.4. The molecule has 0 saturated heterocycles. The van der Waals surface area contributed by atoms with Gasteiger partial charge in [0.15, 0.2) is 0 Å². The molecular weight excluding hydrogens is 294 g/mol. The zero-order valence-electron chi connectivity index (χ0n) is 13.0. The highest BCUT2D eigenvalue weighted by atomic mass is 16.6. The van der Waals surface area contributed by atoms with Crippen molar-refractivity contribution in [2.24, 2.45) is 0 Å². The van der Waals surface area contributed by atoms with Gasteiger partial charge in [0.25, 0.3) is 5.69 Å². The first kappa shape index (κ1) is 15.0. The summed E-state index contributed by atoms with van der Waals surface area (Å²) < 4.78 is 0. The highest BCUT2D eigenvalue weighted by Gasteiger charge is 2.14. The molecule has 0 aliphatic rings. The topological polar surface area (TPSA) is 88.0 Å². The Morgan fingerprint density at radius 2 is 2.00 bits per heavy atom. The van der Waals surface area contributed by atoms with Crippen LogP contribution in [0.15, 0.2) is 36.7 Å². The second-order valence-corrected chi connectivity index (χ2v) is 5.12. The van der Waals surface area contributed by atoms with Gasteiger partial charge in [-0.15, -0.1) is 0 Å². The molecule has 0 aliphatic carbocycles. The van der Waals surface area contributed by atoms with E-state index in [1.807, 2.05) is 12.1 Å². The van der Waals surface area contributed by atoms with Gasteiger partial charge in [-0.3, -0.25) is 10.1 Å².